The van der Waals surface area contributed by atoms with Gasteiger partial charge in [-0.3, -0.25) is 4.68 Å². The minimum Gasteiger partial charge on any atom is -0.497 e. The number of carbonyl (C=O) groups is 2. The van der Waals surface area contributed by atoms with Gasteiger partial charge >= 0.3 is 12.1 Å². The summed E-state index contributed by atoms with van der Waals surface area (Å²) in [5.74, 6) is -0.237. The second-order valence-corrected chi connectivity index (χ2v) is 7.06. The molecule has 1 aromatic carbocycles. The first-order valence-electron chi connectivity index (χ1n) is 8.77. The molecule has 8 heteroatoms. The molecule has 0 aliphatic carbocycles. The number of fused-ring (bicyclic) bond motifs is 3. The lowest BCUT2D eigenvalue weighted by Crippen LogP contribution is -2.40. The van der Waals surface area contributed by atoms with Crippen molar-refractivity contribution in [3.8, 4) is 5.75 Å². The topological polar surface area (TPSA) is 99.7 Å². The molecule has 0 saturated carbocycles. The molecule has 2 atom stereocenters. The number of ether oxygens (including phenoxy) is 2. The summed E-state index contributed by atoms with van der Waals surface area (Å²) in [6.45, 7) is 0. The van der Waals surface area contributed by atoms with Crippen molar-refractivity contribution in [1.82, 2.24) is 14.7 Å². The van der Waals surface area contributed by atoms with E-state index in [1.54, 1.807) is 13.2 Å². The van der Waals surface area contributed by atoms with Crippen molar-refractivity contribution in [3.63, 3.8) is 0 Å². The van der Waals surface area contributed by atoms with Gasteiger partial charge < -0.3 is 20.1 Å². The number of piperidine rings is 1. The van der Waals surface area contributed by atoms with Crippen LogP contribution in [-0.2, 0) is 4.74 Å². The quantitative estimate of drug-likeness (QED) is 0.666. The van der Waals surface area contributed by atoms with E-state index in [4.69, 9.17) is 10.5 Å². The summed E-state index contributed by atoms with van der Waals surface area (Å²) in [6, 6.07) is 6.75. The molecular weight excluding hydrogens is 336 g/mol. The van der Waals surface area contributed by atoms with Crippen molar-refractivity contribution < 1.29 is 19.1 Å². The van der Waals surface area contributed by atoms with Crippen LogP contribution in [0.4, 0.5) is 4.79 Å². The summed E-state index contributed by atoms with van der Waals surface area (Å²) in [6.07, 6.45) is 3.22. The Labute approximate surface area is 150 Å². The molecule has 26 heavy (non-hydrogen) atoms. The van der Waals surface area contributed by atoms with Gasteiger partial charge in [0, 0.05) is 17.5 Å². The minimum atomic E-state index is -1.14. The number of benzene rings is 1. The van der Waals surface area contributed by atoms with Crippen LogP contribution in [0.5, 0.6) is 5.75 Å². The molecule has 2 aromatic rings. The first-order chi connectivity index (χ1) is 12.5. The van der Waals surface area contributed by atoms with Crippen LogP contribution in [0.15, 0.2) is 18.2 Å². The van der Waals surface area contributed by atoms with E-state index >= 15 is 0 Å². The third-order valence-corrected chi connectivity index (χ3v) is 5.72. The van der Waals surface area contributed by atoms with Gasteiger partial charge in [0.1, 0.15) is 5.75 Å². The molecule has 138 valence electrons. The number of nitrogens with two attached hydrogens (primary N) is 1. The van der Waals surface area contributed by atoms with Crippen LogP contribution in [0.25, 0.3) is 10.9 Å². The molecule has 0 spiro atoms. The number of hydrogen-bond donors (Lipinski definition) is 1. The smallest absolute Gasteiger partial charge is 0.412 e. The fourth-order valence-corrected chi connectivity index (χ4v) is 4.40. The maximum absolute atomic E-state index is 12.3. The molecule has 0 radical (unpaired) electrons. The van der Waals surface area contributed by atoms with Gasteiger partial charge in [0.15, 0.2) is 5.69 Å². The Hall–Kier alpha value is -2.61. The number of aromatic nitrogens is 2. The van der Waals surface area contributed by atoms with Crippen LogP contribution in [0.1, 0.15) is 42.2 Å². The van der Waals surface area contributed by atoms with Crippen molar-refractivity contribution >= 4 is 23.0 Å². The molecule has 1 aromatic heterocycles. The van der Waals surface area contributed by atoms with Crippen molar-refractivity contribution in [3.05, 3.63) is 23.9 Å². The highest BCUT2D eigenvalue weighted by Crippen LogP contribution is 2.41. The number of hydrogen-bond acceptors (Lipinski definition) is 6. The highest BCUT2D eigenvalue weighted by atomic mass is 16.6. The number of rotatable bonds is 3. The van der Waals surface area contributed by atoms with E-state index in [0.717, 1.165) is 18.4 Å². The van der Waals surface area contributed by atoms with E-state index in [1.165, 1.54) is 12.8 Å². The summed E-state index contributed by atoms with van der Waals surface area (Å²) >= 11 is 0. The SMILES string of the molecule is COc1ccc2c(c1)c(C(=O)OC(N)=O)nn2C1CC2CCC(C1)N2C. The summed E-state index contributed by atoms with van der Waals surface area (Å²) in [7, 11) is 3.74. The fourth-order valence-electron chi connectivity index (χ4n) is 4.40. The Balaban J connectivity index is 1.77. The lowest BCUT2D eigenvalue weighted by Gasteiger charge is -2.36. The summed E-state index contributed by atoms with van der Waals surface area (Å²) in [5, 5.41) is 5.12. The van der Waals surface area contributed by atoms with Crippen LogP contribution in [0.3, 0.4) is 0 Å². The Kier molecular flexibility index (Phi) is 4.07. The fraction of sp³-hybridized carbons (Fsp3) is 0.500. The zero-order valence-electron chi connectivity index (χ0n) is 14.8. The van der Waals surface area contributed by atoms with Gasteiger partial charge in [-0.15, -0.1) is 0 Å². The third-order valence-electron chi connectivity index (χ3n) is 5.72. The van der Waals surface area contributed by atoms with Crippen LogP contribution >= 0.6 is 0 Å². The Morgan fingerprint density at radius 2 is 1.88 bits per heavy atom. The normalized spacial score (nSPS) is 25.4. The molecule has 2 aliphatic rings. The molecule has 1 amide bonds. The monoisotopic (exact) mass is 358 g/mol. The molecule has 2 fully saturated rings. The zero-order valence-corrected chi connectivity index (χ0v) is 14.8. The molecule has 2 unspecified atom stereocenters. The predicted octanol–water partition coefficient (Wildman–Crippen LogP) is 2.08. The lowest BCUT2D eigenvalue weighted by molar-refractivity contribution is 0.0631. The van der Waals surface area contributed by atoms with Gasteiger partial charge in [0.25, 0.3) is 0 Å². The number of primary amides is 1. The molecule has 3 heterocycles. The summed E-state index contributed by atoms with van der Waals surface area (Å²) < 4.78 is 11.7. The Morgan fingerprint density at radius 3 is 2.50 bits per heavy atom. The van der Waals surface area contributed by atoms with Crippen LogP contribution in [-0.4, -0.2) is 53.0 Å². The van der Waals surface area contributed by atoms with Crippen molar-refractivity contribution in [1.29, 1.82) is 0 Å². The second-order valence-electron chi connectivity index (χ2n) is 7.06. The van der Waals surface area contributed by atoms with Crippen molar-refractivity contribution in [2.75, 3.05) is 14.2 Å². The third kappa shape index (κ3) is 2.70. The lowest BCUT2D eigenvalue weighted by atomic mass is 9.98. The van der Waals surface area contributed by atoms with Crippen LogP contribution in [0, 0.1) is 0 Å². The molecule has 4 rings (SSSR count). The average Bonchev–Trinajstić information content (AvgIpc) is 3.06. The standard InChI is InChI=1S/C18H22N4O4/c1-21-10-3-4-11(21)8-12(7-10)22-15-6-5-13(25-2)9-14(15)16(20-22)17(23)26-18(19)24/h5-6,9-12H,3-4,7-8H2,1-2H3,(H2,19,24). The largest absolute Gasteiger partial charge is 0.497 e. The van der Waals surface area contributed by atoms with E-state index in [2.05, 4.69) is 21.8 Å². The van der Waals surface area contributed by atoms with Gasteiger partial charge in [0.2, 0.25) is 0 Å². The van der Waals surface area contributed by atoms with Crippen molar-refractivity contribution in [2.45, 2.75) is 43.8 Å². The minimum absolute atomic E-state index is 0.0870. The first-order valence-corrected chi connectivity index (χ1v) is 8.77. The molecule has 2 bridgehead atoms. The molecule has 2 N–H and O–H groups in total. The van der Waals surface area contributed by atoms with Crippen LogP contribution < -0.4 is 10.5 Å². The number of nitrogens with zero attached hydrogens (tertiary/aromatic N) is 3. The molecule has 2 aliphatic heterocycles. The van der Waals surface area contributed by atoms with E-state index < -0.39 is 12.1 Å². The highest BCUT2D eigenvalue weighted by Gasteiger charge is 2.40. The van der Waals surface area contributed by atoms with Gasteiger partial charge in [-0.1, -0.05) is 0 Å². The Morgan fingerprint density at radius 1 is 1.19 bits per heavy atom. The maximum atomic E-state index is 12.3. The molecule has 2 saturated heterocycles. The zero-order chi connectivity index (χ0) is 18.4. The van der Waals surface area contributed by atoms with E-state index in [0.29, 0.717) is 23.2 Å². The van der Waals surface area contributed by atoms with Crippen LogP contribution in [0.2, 0.25) is 0 Å². The van der Waals surface area contributed by atoms with E-state index in [-0.39, 0.29) is 11.7 Å². The van der Waals surface area contributed by atoms with Gasteiger partial charge in [-0.2, -0.15) is 5.10 Å². The Bertz CT molecular complexity index is 863. The summed E-state index contributed by atoms with van der Waals surface area (Å²) in [4.78, 5) is 25.8. The number of esters is 1. The summed E-state index contributed by atoms with van der Waals surface area (Å²) in [5.41, 5.74) is 5.91. The number of carbonyl (C=O) groups excluding carboxylic acids is 2. The highest BCUT2D eigenvalue weighted by molar-refractivity contribution is 6.05. The molecule has 8 nitrogen and oxygen atoms in total. The van der Waals surface area contributed by atoms with E-state index in [9.17, 15) is 9.59 Å². The average molecular weight is 358 g/mol. The maximum Gasteiger partial charge on any atom is 0.412 e. The second kappa shape index (κ2) is 6.28. The molecular formula is C18H22N4O4. The number of methoxy groups -OCH3 is 1. The predicted molar refractivity (Wildman–Crippen MR) is 94.1 cm³/mol. The van der Waals surface area contributed by atoms with Crippen molar-refractivity contribution in [2.24, 2.45) is 5.73 Å². The van der Waals surface area contributed by atoms with Gasteiger partial charge in [-0.25, -0.2) is 9.59 Å². The van der Waals surface area contributed by atoms with E-state index in [1.807, 2.05) is 16.8 Å². The van der Waals surface area contributed by atoms with Gasteiger partial charge in [0.05, 0.1) is 18.7 Å². The first kappa shape index (κ1) is 16.8. The van der Waals surface area contributed by atoms with Gasteiger partial charge in [-0.05, 0) is 50.9 Å². The number of amides is 1.